The third-order valence-corrected chi connectivity index (χ3v) is 1.62. The van der Waals surface area contributed by atoms with Gasteiger partial charge in [-0.25, -0.2) is 0 Å². The Hall–Kier alpha value is -2.17. The topological polar surface area (TPSA) is 69.4 Å². The van der Waals surface area contributed by atoms with E-state index in [0.29, 0.717) is 5.56 Å². The maximum Gasteiger partial charge on any atom is 0.308 e. The third kappa shape index (κ3) is 2.91. The molecule has 1 aromatic carbocycles. The fourth-order valence-electron chi connectivity index (χ4n) is 1.05. The summed E-state index contributed by atoms with van der Waals surface area (Å²) in [6.07, 6.45) is 1.44. The van der Waals surface area contributed by atoms with Crippen LogP contribution in [0, 0.1) is 10.1 Å². The van der Waals surface area contributed by atoms with E-state index in [1.807, 2.05) is 0 Å². The summed E-state index contributed by atoms with van der Waals surface area (Å²) in [5.74, 6) is -0.378. The highest BCUT2D eigenvalue weighted by Gasteiger charge is 2.10. The zero-order valence-corrected chi connectivity index (χ0v) is 8.10. The van der Waals surface area contributed by atoms with Crippen molar-refractivity contribution in [1.82, 2.24) is 0 Å². The highest BCUT2D eigenvalue weighted by molar-refractivity contribution is 5.70. The highest BCUT2D eigenvalue weighted by Crippen LogP contribution is 2.23. The molecule has 0 saturated carbocycles. The Balaban J connectivity index is 3.16. The number of carbonyl (C=O) groups is 1. The molecule has 0 heterocycles. The highest BCUT2D eigenvalue weighted by atomic mass is 16.6. The Labute approximate surface area is 86.1 Å². The maximum atomic E-state index is 10.7. The number of ether oxygens (including phenoxy) is 1. The Kier molecular flexibility index (Phi) is 3.17. The zero-order valence-electron chi connectivity index (χ0n) is 8.10. The van der Waals surface area contributed by atoms with Crippen LogP contribution in [-0.2, 0) is 4.79 Å². The van der Waals surface area contributed by atoms with Gasteiger partial charge in [-0.3, -0.25) is 14.9 Å². The average Bonchev–Trinajstić information content (AvgIpc) is 2.16. The van der Waals surface area contributed by atoms with Crippen LogP contribution in [0.15, 0.2) is 24.8 Å². The lowest BCUT2D eigenvalue weighted by molar-refractivity contribution is -0.384. The molecule has 5 heteroatoms. The molecular weight excluding hydrogens is 198 g/mol. The molecule has 0 amide bonds. The van der Waals surface area contributed by atoms with E-state index in [1.54, 1.807) is 0 Å². The fraction of sp³-hybridized carbons (Fsp3) is 0.100. The summed E-state index contributed by atoms with van der Waals surface area (Å²) in [5, 5.41) is 10.5. The van der Waals surface area contributed by atoms with Crippen molar-refractivity contribution in [3.8, 4) is 5.75 Å². The second-order valence-electron chi connectivity index (χ2n) is 2.82. The first-order valence-corrected chi connectivity index (χ1v) is 4.13. The number of nitro groups is 1. The number of hydrogen-bond acceptors (Lipinski definition) is 4. The van der Waals surface area contributed by atoms with Gasteiger partial charge in [0.15, 0.2) is 0 Å². The van der Waals surface area contributed by atoms with Gasteiger partial charge in [-0.05, 0) is 11.6 Å². The van der Waals surface area contributed by atoms with Crippen LogP contribution < -0.4 is 4.74 Å². The minimum absolute atomic E-state index is 0.136. The molecule has 0 spiro atoms. The van der Waals surface area contributed by atoms with Crippen LogP contribution in [-0.4, -0.2) is 10.9 Å². The molecule has 0 N–H and O–H groups in total. The lowest BCUT2D eigenvalue weighted by Crippen LogP contribution is -2.02. The molecule has 5 nitrogen and oxygen atoms in total. The number of rotatable bonds is 3. The molecule has 0 aromatic heterocycles. The Morgan fingerprint density at radius 1 is 1.53 bits per heavy atom. The first-order chi connectivity index (χ1) is 7.02. The first kappa shape index (κ1) is 10.9. The molecule has 1 aromatic rings. The number of nitrogens with zero attached hydrogens (tertiary/aromatic N) is 1. The number of carbonyl (C=O) groups excluding carboxylic acids is 1. The van der Waals surface area contributed by atoms with E-state index in [-0.39, 0.29) is 11.4 Å². The van der Waals surface area contributed by atoms with Crippen molar-refractivity contribution in [2.75, 3.05) is 0 Å². The largest absolute Gasteiger partial charge is 0.426 e. The minimum Gasteiger partial charge on any atom is -0.426 e. The second kappa shape index (κ2) is 4.36. The van der Waals surface area contributed by atoms with Gasteiger partial charge in [0.05, 0.1) is 11.0 Å². The monoisotopic (exact) mass is 207 g/mol. The fourth-order valence-corrected chi connectivity index (χ4v) is 1.05. The summed E-state index contributed by atoms with van der Waals surface area (Å²) in [6, 6.07) is 4.04. The van der Waals surface area contributed by atoms with Gasteiger partial charge in [-0.15, -0.1) is 0 Å². The van der Waals surface area contributed by atoms with Gasteiger partial charge in [-0.2, -0.15) is 0 Å². The second-order valence-corrected chi connectivity index (χ2v) is 2.82. The van der Waals surface area contributed by atoms with Crippen molar-refractivity contribution in [2.24, 2.45) is 0 Å². The molecule has 0 aliphatic rings. The molecule has 0 aliphatic heterocycles. The Morgan fingerprint density at radius 2 is 2.20 bits per heavy atom. The van der Waals surface area contributed by atoms with E-state index in [0.717, 1.165) is 0 Å². The van der Waals surface area contributed by atoms with Gasteiger partial charge in [0.25, 0.3) is 5.69 Å². The standard InChI is InChI=1S/C10H9NO4/c1-3-8-4-9(11(13)14)6-10(5-8)15-7(2)12/h3-6H,1H2,2H3. The van der Waals surface area contributed by atoms with Gasteiger partial charge in [0, 0.05) is 13.0 Å². The molecule has 1 rings (SSSR count). The Morgan fingerprint density at radius 3 is 2.67 bits per heavy atom. The summed E-state index contributed by atoms with van der Waals surface area (Å²) >= 11 is 0. The van der Waals surface area contributed by atoms with Crippen LogP contribution in [0.2, 0.25) is 0 Å². The Bertz CT molecular complexity index is 425. The van der Waals surface area contributed by atoms with Crippen molar-refractivity contribution >= 4 is 17.7 Å². The average molecular weight is 207 g/mol. The number of hydrogen-bond donors (Lipinski definition) is 0. The summed E-state index contributed by atoms with van der Waals surface area (Å²) in [7, 11) is 0. The van der Waals surface area contributed by atoms with E-state index >= 15 is 0 Å². The normalized spacial score (nSPS) is 9.40. The molecular formula is C10H9NO4. The van der Waals surface area contributed by atoms with Crippen LogP contribution in [0.3, 0.4) is 0 Å². The molecule has 0 bridgehead atoms. The smallest absolute Gasteiger partial charge is 0.308 e. The molecule has 78 valence electrons. The molecule has 0 fully saturated rings. The van der Waals surface area contributed by atoms with Crippen LogP contribution in [0.1, 0.15) is 12.5 Å². The molecule has 0 aliphatic carbocycles. The lowest BCUT2D eigenvalue weighted by atomic mass is 10.2. The van der Waals surface area contributed by atoms with E-state index in [1.165, 1.54) is 31.2 Å². The SMILES string of the molecule is C=Cc1cc(OC(C)=O)cc([N+](=O)[O-])c1. The van der Waals surface area contributed by atoms with Crippen molar-refractivity contribution in [2.45, 2.75) is 6.92 Å². The van der Waals surface area contributed by atoms with E-state index in [4.69, 9.17) is 4.74 Å². The summed E-state index contributed by atoms with van der Waals surface area (Å²) in [4.78, 5) is 20.7. The molecule has 15 heavy (non-hydrogen) atoms. The van der Waals surface area contributed by atoms with Gasteiger partial charge in [-0.1, -0.05) is 12.7 Å². The van der Waals surface area contributed by atoms with Gasteiger partial charge < -0.3 is 4.74 Å². The first-order valence-electron chi connectivity index (χ1n) is 4.13. The van der Waals surface area contributed by atoms with E-state index in [9.17, 15) is 14.9 Å². The summed E-state index contributed by atoms with van der Waals surface area (Å²) in [6.45, 7) is 4.72. The van der Waals surface area contributed by atoms with Crippen molar-refractivity contribution in [3.63, 3.8) is 0 Å². The van der Waals surface area contributed by atoms with Crippen molar-refractivity contribution in [1.29, 1.82) is 0 Å². The van der Waals surface area contributed by atoms with Gasteiger partial charge >= 0.3 is 5.97 Å². The predicted octanol–water partition coefficient (Wildman–Crippen LogP) is 2.16. The third-order valence-electron chi connectivity index (χ3n) is 1.62. The zero-order chi connectivity index (χ0) is 11.4. The quantitative estimate of drug-likeness (QED) is 0.329. The van der Waals surface area contributed by atoms with Crippen LogP contribution in [0.5, 0.6) is 5.75 Å². The predicted molar refractivity (Wildman–Crippen MR) is 54.5 cm³/mol. The lowest BCUT2D eigenvalue weighted by Gasteiger charge is -2.02. The molecule has 0 atom stereocenters. The molecule has 0 radical (unpaired) electrons. The van der Waals surface area contributed by atoms with Crippen molar-refractivity contribution < 1.29 is 14.5 Å². The summed E-state index contributed by atoms with van der Waals surface area (Å²) in [5.41, 5.74) is 0.393. The molecule has 0 saturated heterocycles. The van der Waals surface area contributed by atoms with Gasteiger partial charge in [0.2, 0.25) is 0 Å². The number of benzene rings is 1. The number of esters is 1. The number of non-ortho nitro benzene ring substituents is 1. The van der Waals surface area contributed by atoms with E-state index < -0.39 is 10.9 Å². The summed E-state index contributed by atoms with van der Waals surface area (Å²) < 4.78 is 4.76. The van der Waals surface area contributed by atoms with Crippen molar-refractivity contribution in [3.05, 3.63) is 40.5 Å². The maximum absolute atomic E-state index is 10.7. The minimum atomic E-state index is -0.556. The van der Waals surface area contributed by atoms with Crippen LogP contribution in [0.25, 0.3) is 6.08 Å². The van der Waals surface area contributed by atoms with Crippen LogP contribution in [0.4, 0.5) is 5.69 Å². The number of nitro benzene ring substituents is 1. The van der Waals surface area contributed by atoms with Gasteiger partial charge in [0.1, 0.15) is 5.75 Å². The molecule has 0 unspecified atom stereocenters. The van der Waals surface area contributed by atoms with Crippen LogP contribution >= 0.6 is 0 Å². The van der Waals surface area contributed by atoms with E-state index in [2.05, 4.69) is 6.58 Å².